The van der Waals surface area contributed by atoms with E-state index >= 15 is 0 Å². The number of hydrazone groups is 1. The number of nitrogens with one attached hydrogen (secondary N) is 2. The standard InChI is InChI=1S/C22H21N3O3/c1-2-28-18-12-10-16(11-13-18)14-24-25-21(26)15-23-22(27)20-9-5-7-17-6-3-4-8-19(17)20/h3-14H,2,15H2,1H3,(H,23,27)(H,25,26). The fraction of sp³-hybridized carbons (Fsp3) is 0.136. The summed E-state index contributed by atoms with van der Waals surface area (Å²) in [5.74, 6) is 0.0676. The number of amides is 2. The predicted molar refractivity (Wildman–Crippen MR) is 110 cm³/mol. The molecule has 0 radical (unpaired) electrons. The normalized spacial score (nSPS) is 10.8. The first-order valence-corrected chi connectivity index (χ1v) is 8.98. The zero-order chi connectivity index (χ0) is 19.8. The Labute approximate surface area is 163 Å². The van der Waals surface area contributed by atoms with Crippen LogP contribution >= 0.6 is 0 Å². The molecule has 0 bridgehead atoms. The second kappa shape index (κ2) is 9.32. The van der Waals surface area contributed by atoms with Crippen LogP contribution in [0.15, 0.2) is 71.8 Å². The van der Waals surface area contributed by atoms with Gasteiger partial charge in [0.25, 0.3) is 11.8 Å². The van der Waals surface area contributed by atoms with Crippen LogP contribution in [-0.4, -0.2) is 31.2 Å². The van der Waals surface area contributed by atoms with Crippen molar-refractivity contribution >= 4 is 28.8 Å². The topological polar surface area (TPSA) is 79.8 Å². The van der Waals surface area contributed by atoms with Gasteiger partial charge in [0.1, 0.15) is 5.75 Å². The van der Waals surface area contributed by atoms with E-state index in [1.54, 1.807) is 6.07 Å². The highest BCUT2D eigenvalue weighted by Gasteiger charge is 2.10. The molecule has 0 atom stereocenters. The van der Waals surface area contributed by atoms with Crippen LogP contribution in [-0.2, 0) is 4.79 Å². The predicted octanol–water partition coefficient (Wildman–Crippen LogP) is 3.12. The molecule has 0 saturated carbocycles. The monoisotopic (exact) mass is 375 g/mol. The summed E-state index contributed by atoms with van der Waals surface area (Å²) >= 11 is 0. The highest BCUT2D eigenvalue weighted by atomic mass is 16.5. The molecule has 6 nitrogen and oxygen atoms in total. The SMILES string of the molecule is CCOc1ccc(C=NNC(=O)CNC(=O)c2cccc3ccccc23)cc1. The van der Waals surface area contributed by atoms with Crippen molar-refractivity contribution in [3.63, 3.8) is 0 Å². The van der Waals surface area contributed by atoms with Gasteiger partial charge in [-0.1, -0.05) is 36.4 Å². The highest BCUT2D eigenvalue weighted by Crippen LogP contribution is 2.18. The Hall–Kier alpha value is -3.67. The third-order valence-corrected chi connectivity index (χ3v) is 4.04. The van der Waals surface area contributed by atoms with Crippen LogP contribution in [0.5, 0.6) is 5.75 Å². The number of fused-ring (bicyclic) bond motifs is 1. The van der Waals surface area contributed by atoms with Crippen LogP contribution in [0.25, 0.3) is 10.8 Å². The largest absolute Gasteiger partial charge is 0.494 e. The molecule has 0 aliphatic rings. The van der Waals surface area contributed by atoms with Crippen molar-refractivity contribution in [1.82, 2.24) is 10.7 Å². The summed E-state index contributed by atoms with van der Waals surface area (Å²) in [6.45, 7) is 2.36. The van der Waals surface area contributed by atoms with E-state index in [9.17, 15) is 9.59 Å². The van der Waals surface area contributed by atoms with Crippen molar-refractivity contribution in [2.45, 2.75) is 6.92 Å². The van der Waals surface area contributed by atoms with Gasteiger partial charge in [0, 0.05) is 5.56 Å². The molecule has 142 valence electrons. The molecular weight excluding hydrogens is 354 g/mol. The number of hydrogen-bond donors (Lipinski definition) is 2. The lowest BCUT2D eigenvalue weighted by molar-refractivity contribution is -0.120. The average molecular weight is 375 g/mol. The van der Waals surface area contributed by atoms with Crippen LogP contribution < -0.4 is 15.5 Å². The molecular formula is C22H21N3O3. The smallest absolute Gasteiger partial charge is 0.259 e. The number of carbonyl (C=O) groups excluding carboxylic acids is 2. The molecule has 2 N–H and O–H groups in total. The number of rotatable bonds is 7. The molecule has 6 heteroatoms. The van der Waals surface area contributed by atoms with Crippen molar-refractivity contribution < 1.29 is 14.3 Å². The van der Waals surface area contributed by atoms with E-state index in [-0.39, 0.29) is 12.5 Å². The van der Waals surface area contributed by atoms with Gasteiger partial charge in [-0.25, -0.2) is 5.43 Å². The molecule has 3 aromatic rings. The summed E-state index contributed by atoms with van der Waals surface area (Å²) in [5, 5.41) is 8.34. The van der Waals surface area contributed by atoms with Gasteiger partial charge in [-0.05, 0) is 53.6 Å². The molecule has 0 aromatic heterocycles. The van der Waals surface area contributed by atoms with Crippen molar-refractivity contribution in [3.05, 3.63) is 77.9 Å². The minimum atomic E-state index is -0.407. The first-order valence-electron chi connectivity index (χ1n) is 8.98. The maximum absolute atomic E-state index is 12.4. The Bertz CT molecular complexity index is 992. The zero-order valence-electron chi connectivity index (χ0n) is 15.5. The van der Waals surface area contributed by atoms with E-state index < -0.39 is 5.91 Å². The lowest BCUT2D eigenvalue weighted by Gasteiger charge is -2.07. The van der Waals surface area contributed by atoms with Crippen LogP contribution in [0.1, 0.15) is 22.8 Å². The third-order valence-electron chi connectivity index (χ3n) is 4.04. The molecule has 0 aliphatic carbocycles. The fourth-order valence-corrected chi connectivity index (χ4v) is 2.71. The molecule has 0 fully saturated rings. The molecule has 28 heavy (non-hydrogen) atoms. The first-order chi connectivity index (χ1) is 13.7. The van der Waals surface area contributed by atoms with Gasteiger partial charge in [0.05, 0.1) is 19.4 Å². The molecule has 0 heterocycles. The van der Waals surface area contributed by atoms with Crippen LogP contribution in [0.2, 0.25) is 0 Å². The Morgan fingerprint density at radius 1 is 1.00 bits per heavy atom. The van der Waals surface area contributed by atoms with Crippen LogP contribution in [0, 0.1) is 0 Å². The number of carbonyl (C=O) groups is 2. The molecule has 3 rings (SSSR count). The Morgan fingerprint density at radius 2 is 1.75 bits per heavy atom. The number of benzene rings is 3. The van der Waals surface area contributed by atoms with E-state index in [1.165, 1.54) is 6.21 Å². The van der Waals surface area contributed by atoms with Crippen molar-refractivity contribution in [1.29, 1.82) is 0 Å². The Morgan fingerprint density at radius 3 is 2.54 bits per heavy atom. The Balaban J connectivity index is 1.51. The molecule has 2 amide bonds. The zero-order valence-corrected chi connectivity index (χ0v) is 15.5. The third kappa shape index (κ3) is 4.94. The van der Waals surface area contributed by atoms with Gasteiger partial charge >= 0.3 is 0 Å². The van der Waals surface area contributed by atoms with E-state index in [4.69, 9.17) is 4.74 Å². The lowest BCUT2D eigenvalue weighted by atomic mass is 10.0. The van der Waals surface area contributed by atoms with Gasteiger partial charge in [0.15, 0.2) is 0 Å². The summed E-state index contributed by atoms with van der Waals surface area (Å²) in [5.41, 5.74) is 3.75. The maximum Gasteiger partial charge on any atom is 0.259 e. The average Bonchev–Trinajstić information content (AvgIpc) is 2.73. The summed E-state index contributed by atoms with van der Waals surface area (Å²) in [6, 6.07) is 20.4. The molecule has 0 aliphatic heterocycles. The van der Waals surface area contributed by atoms with Gasteiger partial charge in [-0.2, -0.15) is 5.10 Å². The molecule has 0 saturated heterocycles. The number of hydrogen-bond acceptors (Lipinski definition) is 4. The van der Waals surface area contributed by atoms with Gasteiger partial charge in [-0.15, -0.1) is 0 Å². The van der Waals surface area contributed by atoms with E-state index in [2.05, 4.69) is 15.8 Å². The maximum atomic E-state index is 12.4. The molecule has 0 unspecified atom stereocenters. The summed E-state index contributed by atoms with van der Waals surface area (Å²) in [7, 11) is 0. The van der Waals surface area contributed by atoms with E-state index in [0.717, 1.165) is 22.1 Å². The van der Waals surface area contributed by atoms with E-state index in [0.29, 0.717) is 12.2 Å². The van der Waals surface area contributed by atoms with Gasteiger partial charge in [0.2, 0.25) is 0 Å². The minimum absolute atomic E-state index is 0.164. The van der Waals surface area contributed by atoms with Crippen molar-refractivity contribution in [2.75, 3.05) is 13.2 Å². The van der Waals surface area contributed by atoms with Gasteiger partial charge < -0.3 is 10.1 Å². The quantitative estimate of drug-likeness (QED) is 0.492. The summed E-state index contributed by atoms with van der Waals surface area (Å²) in [6.07, 6.45) is 1.53. The first kappa shape index (κ1) is 19.1. The van der Waals surface area contributed by atoms with E-state index in [1.807, 2.05) is 67.6 Å². The number of ether oxygens (including phenoxy) is 1. The van der Waals surface area contributed by atoms with Crippen molar-refractivity contribution in [3.8, 4) is 5.75 Å². The second-order valence-corrected chi connectivity index (χ2v) is 6.00. The lowest BCUT2D eigenvalue weighted by Crippen LogP contribution is -2.35. The minimum Gasteiger partial charge on any atom is -0.494 e. The van der Waals surface area contributed by atoms with Crippen molar-refractivity contribution in [2.24, 2.45) is 5.10 Å². The molecule has 0 spiro atoms. The summed E-state index contributed by atoms with van der Waals surface area (Å²) in [4.78, 5) is 24.3. The summed E-state index contributed by atoms with van der Waals surface area (Å²) < 4.78 is 5.37. The van der Waals surface area contributed by atoms with Crippen LogP contribution in [0.3, 0.4) is 0 Å². The van der Waals surface area contributed by atoms with Crippen LogP contribution in [0.4, 0.5) is 0 Å². The number of nitrogens with zero attached hydrogens (tertiary/aromatic N) is 1. The Kier molecular flexibility index (Phi) is 6.36. The fourth-order valence-electron chi connectivity index (χ4n) is 2.71. The molecule has 3 aromatic carbocycles. The van der Waals surface area contributed by atoms with Gasteiger partial charge in [-0.3, -0.25) is 9.59 Å². The highest BCUT2D eigenvalue weighted by molar-refractivity contribution is 6.07. The second-order valence-electron chi connectivity index (χ2n) is 6.00.